The van der Waals surface area contributed by atoms with Crippen LogP contribution in [0.2, 0.25) is 0 Å². The lowest BCUT2D eigenvalue weighted by atomic mass is 10.0. The number of carboxylic acids is 1. The van der Waals surface area contributed by atoms with E-state index in [4.69, 9.17) is 26.4 Å². The van der Waals surface area contributed by atoms with Gasteiger partial charge in [0, 0.05) is 23.7 Å². The van der Waals surface area contributed by atoms with Crippen molar-refractivity contribution in [3.63, 3.8) is 0 Å². The van der Waals surface area contributed by atoms with E-state index in [9.17, 15) is 4.79 Å². The van der Waals surface area contributed by atoms with Crippen molar-refractivity contribution in [1.82, 2.24) is 4.98 Å². The SMILES string of the molecule is N=C(OC(=N)c1ccncc1)SCc1cccc(CC(N)C(=O)O)c1. The predicted molar refractivity (Wildman–Crippen MR) is 96.9 cm³/mol. The number of hydrogen-bond acceptors (Lipinski definition) is 7. The van der Waals surface area contributed by atoms with Crippen molar-refractivity contribution in [2.45, 2.75) is 18.2 Å². The van der Waals surface area contributed by atoms with E-state index in [1.54, 1.807) is 24.5 Å². The third kappa shape index (κ3) is 6.02. The summed E-state index contributed by atoms with van der Waals surface area (Å²) in [6.45, 7) is 0. The Morgan fingerprint density at radius 3 is 2.60 bits per heavy atom. The van der Waals surface area contributed by atoms with E-state index in [0.29, 0.717) is 11.3 Å². The van der Waals surface area contributed by atoms with E-state index in [2.05, 4.69) is 4.98 Å². The summed E-state index contributed by atoms with van der Waals surface area (Å²) in [5, 5.41) is 24.4. The number of nitrogens with zero attached hydrogens (tertiary/aromatic N) is 1. The maximum Gasteiger partial charge on any atom is 0.320 e. The molecule has 5 N–H and O–H groups in total. The van der Waals surface area contributed by atoms with Crippen LogP contribution in [0.15, 0.2) is 48.8 Å². The highest BCUT2D eigenvalue weighted by Gasteiger charge is 2.12. The molecule has 1 aromatic heterocycles. The lowest BCUT2D eigenvalue weighted by Crippen LogP contribution is -2.32. The van der Waals surface area contributed by atoms with Crippen LogP contribution in [-0.4, -0.2) is 33.2 Å². The van der Waals surface area contributed by atoms with Crippen LogP contribution >= 0.6 is 11.8 Å². The quantitative estimate of drug-likeness (QED) is 0.462. The van der Waals surface area contributed by atoms with Crippen molar-refractivity contribution in [3.8, 4) is 0 Å². The number of benzene rings is 1. The molecule has 2 rings (SSSR count). The van der Waals surface area contributed by atoms with Crippen LogP contribution in [0.1, 0.15) is 16.7 Å². The van der Waals surface area contributed by atoms with Gasteiger partial charge >= 0.3 is 5.97 Å². The van der Waals surface area contributed by atoms with Crippen LogP contribution in [0.3, 0.4) is 0 Å². The number of ether oxygens (including phenoxy) is 1. The normalized spacial score (nSPS) is 11.6. The molecule has 0 saturated heterocycles. The predicted octanol–water partition coefficient (Wildman–Crippen LogP) is 2.25. The van der Waals surface area contributed by atoms with E-state index < -0.39 is 12.0 Å². The summed E-state index contributed by atoms with van der Waals surface area (Å²) in [5.74, 6) is -0.677. The largest absolute Gasteiger partial charge is 0.480 e. The van der Waals surface area contributed by atoms with Crippen molar-refractivity contribution in [1.29, 1.82) is 10.8 Å². The van der Waals surface area contributed by atoms with Crippen molar-refractivity contribution in [2.24, 2.45) is 5.73 Å². The molecule has 0 aliphatic heterocycles. The molecule has 7 nitrogen and oxygen atoms in total. The van der Waals surface area contributed by atoms with Crippen LogP contribution in [0.5, 0.6) is 0 Å². The summed E-state index contributed by atoms with van der Waals surface area (Å²) in [6, 6.07) is 9.71. The number of carboxylic acid groups (broad SMARTS) is 1. The third-order valence-electron chi connectivity index (χ3n) is 3.27. The van der Waals surface area contributed by atoms with Gasteiger partial charge in [-0.25, -0.2) is 0 Å². The fourth-order valence-electron chi connectivity index (χ4n) is 2.02. The first kappa shape index (κ1) is 18.6. The monoisotopic (exact) mass is 358 g/mol. The molecule has 2 aromatic rings. The van der Waals surface area contributed by atoms with Gasteiger partial charge < -0.3 is 15.6 Å². The van der Waals surface area contributed by atoms with Gasteiger partial charge in [-0.15, -0.1) is 0 Å². The fraction of sp³-hybridized carbons (Fsp3) is 0.176. The zero-order chi connectivity index (χ0) is 18.2. The number of nitrogens with two attached hydrogens (primary N) is 1. The van der Waals surface area contributed by atoms with E-state index >= 15 is 0 Å². The molecule has 1 aromatic carbocycles. The molecule has 0 amide bonds. The molecule has 25 heavy (non-hydrogen) atoms. The molecule has 0 aliphatic carbocycles. The Balaban J connectivity index is 1.87. The molecule has 1 unspecified atom stereocenters. The number of aliphatic carboxylic acids is 1. The van der Waals surface area contributed by atoms with Gasteiger partial charge in [-0.05, 0) is 29.7 Å². The van der Waals surface area contributed by atoms with Crippen molar-refractivity contribution < 1.29 is 14.6 Å². The first-order valence-corrected chi connectivity index (χ1v) is 8.38. The highest BCUT2D eigenvalue weighted by atomic mass is 32.2. The molecule has 8 heteroatoms. The lowest BCUT2D eigenvalue weighted by Gasteiger charge is -2.09. The van der Waals surface area contributed by atoms with Crippen molar-refractivity contribution >= 4 is 28.9 Å². The second-order valence-electron chi connectivity index (χ2n) is 5.21. The number of aromatic nitrogens is 1. The average Bonchev–Trinajstić information content (AvgIpc) is 2.61. The zero-order valence-electron chi connectivity index (χ0n) is 13.3. The maximum atomic E-state index is 10.8. The fourth-order valence-corrected chi connectivity index (χ4v) is 2.64. The Labute approximate surface area is 149 Å². The number of nitrogens with one attached hydrogen (secondary N) is 2. The molecule has 130 valence electrons. The highest BCUT2D eigenvalue weighted by molar-refractivity contribution is 8.12. The minimum absolute atomic E-state index is 0.0885. The first-order valence-electron chi connectivity index (χ1n) is 7.40. The van der Waals surface area contributed by atoms with Crippen LogP contribution in [0, 0.1) is 10.8 Å². The van der Waals surface area contributed by atoms with Gasteiger partial charge in [0.15, 0.2) is 0 Å². The molecule has 0 fully saturated rings. The van der Waals surface area contributed by atoms with Gasteiger partial charge in [-0.1, -0.05) is 36.0 Å². The van der Waals surface area contributed by atoms with Gasteiger partial charge in [-0.3, -0.25) is 20.6 Å². The van der Waals surface area contributed by atoms with E-state index in [0.717, 1.165) is 22.9 Å². The molecule has 1 atom stereocenters. The van der Waals surface area contributed by atoms with Crippen LogP contribution in [0.25, 0.3) is 0 Å². The summed E-state index contributed by atoms with van der Waals surface area (Å²) in [4.78, 5) is 14.7. The number of hydrogen-bond donors (Lipinski definition) is 4. The standard InChI is InChI=1S/C17H18N4O3S/c18-14(16(22)23)9-11-2-1-3-12(8-11)10-25-17(20)24-15(19)13-4-6-21-7-5-13/h1-8,14,19-20H,9-10,18H2,(H,22,23). The summed E-state index contributed by atoms with van der Waals surface area (Å²) >= 11 is 1.14. The summed E-state index contributed by atoms with van der Waals surface area (Å²) < 4.78 is 5.19. The summed E-state index contributed by atoms with van der Waals surface area (Å²) in [7, 11) is 0. The highest BCUT2D eigenvalue weighted by Crippen LogP contribution is 2.17. The second kappa shape index (κ2) is 8.95. The molecule has 1 heterocycles. The van der Waals surface area contributed by atoms with Gasteiger partial charge in [0.2, 0.25) is 11.1 Å². The zero-order valence-corrected chi connectivity index (χ0v) is 14.1. The van der Waals surface area contributed by atoms with Crippen LogP contribution in [-0.2, 0) is 21.7 Å². The topological polar surface area (TPSA) is 133 Å². The van der Waals surface area contributed by atoms with Gasteiger partial charge in [0.05, 0.1) is 0 Å². The molecule has 0 saturated carbocycles. The third-order valence-corrected chi connectivity index (χ3v) is 4.09. The molecule has 0 radical (unpaired) electrons. The Morgan fingerprint density at radius 2 is 1.92 bits per heavy atom. The van der Waals surface area contributed by atoms with E-state index in [1.165, 1.54) is 0 Å². The van der Waals surface area contributed by atoms with Crippen molar-refractivity contribution in [2.75, 3.05) is 0 Å². The minimum Gasteiger partial charge on any atom is -0.480 e. The molecule has 0 spiro atoms. The molecule has 0 aliphatic rings. The number of pyridine rings is 1. The second-order valence-corrected chi connectivity index (χ2v) is 6.16. The molecular formula is C17H18N4O3S. The molecule has 0 bridgehead atoms. The van der Waals surface area contributed by atoms with Crippen LogP contribution in [0.4, 0.5) is 0 Å². The van der Waals surface area contributed by atoms with Gasteiger partial charge in [0.1, 0.15) is 6.04 Å². The van der Waals surface area contributed by atoms with Crippen molar-refractivity contribution in [3.05, 3.63) is 65.5 Å². The number of thioether (sulfide) groups is 1. The Bertz CT molecular complexity index is 767. The Hall–Kier alpha value is -2.71. The Kier molecular flexibility index (Phi) is 6.67. The van der Waals surface area contributed by atoms with Crippen LogP contribution < -0.4 is 5.73 Å². The summed E-state index contributed by atoms with van der Waals surface area (Å²) in [5.41, 5.74) is 7.83. The summed E-state index contributed by atoms with van der Waals surface area (Å²) in [6.07, 6.45) is 3.35. The van der Waals surface area contributed by atoms with Gasteiger partial charge in [0.25, 0.3) is 0 Å². The maximum absolute atomic E-state index is 10.8. The lowest BCUT2D eigenvalue weighted by molar-refractivity contribution is -0.138. The number of rotatable bonds is 6. The smallest absolute Gasteiger partial charge is 0.320 e. The van der Waals surface area contributed by atoms with E-state index in [-0.39, 0.29) is 17.5 Å². The van der Waals surface area contributed by atoms with E-state index in [1.807, 2.05) is 24.3 Å². The Morgan fingerprint density at radius 1 is 1.24 bits per heavy atom. The first-order chi connectivity index (χ1) is 12.0. The number of carbonyl (C=O) groups is 1. The molecular weight excluding hydrogens is 340 g/mol. The average molecular weight is 358 g/mol. The minimum atomic E-state index is -1.04. The van der Waals surface area contributed by atoms with Gasteiger partial charge in [-0.2, -0.15) is 0 Å².